The van der Waals surface area contributed by atoms with Crippen LogP contribution in [-0.2, 0) is 4.74 Å². The SMILES string of the molecule is CCOC1(C(NC)c2ccccc2)CCC(C)(C)CC1. The van der Waals surface area contributed by atoms with E-state index in [1.54, 1.807) is 0 Å². The molecule has 1 aromatic carbocycles. The fourth-order valence-electron chi connectivity index (χ4n) is 3.53. The van der Waals surface area contributed by atoms with Crippen LogP contribution in [0.2, 0.25) is 0 Å². The Morgan fingerprint density at radius 1 is 1.10 bits per heavy atom. The fourth-order valence-corrected chi connectivity index (χ4v) is 3.53. The van der Waals surface area contributed by atoms with Crippen LogP contribution < -0.4 is 5.32 Å². The van der Waals surface area contributed by atoms with Crippen LogP contribution in [0.15, 0.2) is 30.3 Å². The Morgan fingerprint density at radius 2 is 1.70 bits per heavy atom. The highest BCUT2D eigenvalue weighted by Gasteiger charge is 2.44. The van der Waals surface area contributed by atoms with Crippen molar-refractivity contribution >= 4 is 0 Å². The molecule has 0 saturated heterocycles. The molecule has 0 heterocycles. The molecule has 0 radical (unpaired) electrons. The van der Waals surface area contributed by atoms with E-state index in [0.717, 1.165) is 19.4 Å². The lowest BCUT2D eigenvalue weighted by molar-refractivity contribution is -0.106. The average molecular weight is 275 g/mol. The number of hydrogen-bond donors (Lipinski definition) is 1. The first kappa shape index (κ1) is 15.5. The van der Waals surface area contributed by atoms with Gasteiger partial charge in [0, 0.05) is 6.61 Å². The Kier molecular flexibility index (Phi) is 4.87. The summed E-state index contributed by atoms with van der Waals surface area (Å²) < 4.78 is 6.31. The maximum Gasteiger partial charge on any atom is 0.0876 e. The smallest absolute Gasteiger partial charge is 0.0876 e. The van der Waals surface area contributed by atoms with Gasteiger partial charge in [-0.25, -0.2) is 0 Å². The molecule has 1 fully saturated rings. The number of rotatable bonds is 5. The van der Waals surface area contributed by atoms with E-state index in [0.29, 0.717) is 5.41 Å². The predicted octanol–water partition coefficient (Wildman–Crippen LogP) is 4.32. The molecule has 0 aliphatic heterocycles. The Labute approximate surface area is 123 Å². The van der Waals surface area contributed by atoms with Crippen LogP contribution in [0.3, 0.4) is 0 Å². The minimum atomic E-state index is -0.0552. The van der Waals surface area contributed by atoms with Crippen LogP contribution in [0.4, 0.5) is 0 Å². The first-order chi connectivity index (χ1) is 9.53. The van der Waals surface area contributed by atoms with E-state index in [-0.39, 0.29) is 11.6 Å². The van der Waals surface area contributed by atoms with Crippen molar-refractivity contribution in [3.8, 4) is 0 Å². The summed E-state index contributed by atoms with van der Waals surface area (Å²) in [4.78, 5) is 0. The first-order valence-electron chi connectivity index (χ1n) is 7.89. The maximum absolute atomic E-state index is 6.31. The van der Waals surface area contributed by atoms with E-state index in [9.17, 15) is 0 Å². The van der Waals surface area contributed by atoms with Gasteiger partial charge in [-0.05, 0) is 50.6 Å². The van der Waals surface area contributed by atoms with Gasteiger partial charge >= 0.3 is 0 Å². The van der Waals surface area contributed by atoms with E-state index in [4.69, 9.17) is 4.74 Å². The molecule has 1 aromatic rings. The van der Waals surface area contributed by atoms with Crippen molar-refractivity contribution in [3.05, 3.63) is 35.9 Å². The largest absolute Gasteiger partial charge is 0.373 e. The predicted molar refractivity (Wildman–Crippen MR) is 84.8 cm³/mol. The molecular weight excluding hydrogens is 246 g/mol. The van der Waals surface area contributed by atoms with Crippen LogP contribution >= 0.6 is 0 Å². The van der Waals surface area contributed by atoms with Crippen molar-refractivity contribution < 1.29 is 4.74 Å². The quantitative estimate of drug-likeness (QED) is 0.864. The standard InChI is InChI=1S/C18H29NO/c1-5-20-18(13-11-17(2,3)12-14-18)16(19-4)15-9-7-6-8-10-15/h6-10,16,19H,5,11-14H2,1-4H3. The lowest BCUT2D eigenvalue weighted by Gasteiger charge is -2.47. The van der Waals surface area contributed by atoms with E-state index >= 15 is 0 Å². The topological polar surface area (TPSA) is 21.3 Å². The summed E-state index contributed by atoms with van der Waals surface area (Å²) in [5.74, 6) is 0. The molecule has 1 N–H and O–H groups in total. The minimum Gasteiger partial charge on any atom is -0.373 e. The van der Waals surface area contributed by atoms with Gasteiger partial charge < -0.3 is 10.1 Å². The van der Waals surface area contributed by atoms with Crippen LogP contribution in [0.5, 0.6) is 0 Å². The van der Waals surface area contributed by atoms with Crippen molar-refractivity contribution in [1.82, 2.24) is 5.32 Å². The molecule has 0 amide bonds. The molecule has 1 atom stereocenters. The Morgan fingerprint density at radius 3 is 2.20 bits per heavy atom. The molecule has 2 nitrogen and oxygen atoms in total. The second-order valence-corrected chi connectivity index (χ2v) is 6.79. The van der Waals surface area contributed by atoms with E-state index in [1.165, 1.54) is 18.4 Å². The third kappa shape index (κ3) is 3.24. The highest BCUT2D eigenvalue weighted by molar-refractivity contribution is 5.23. The molecule has 2 heteroatoms. The summed E-state index contributed by atoms with van der Waals surface area (Å²) in [7, 11) is 2.05. The van der Waals surface area contributed by atoms with Crippen molar-refractivity contribution in [2.75, 3.05) is 13.7 Å². The van der Waals surface area contributed by atoms with E-state index < -0.39 is 0 Å². The number of hydrogen-bond acceptors (Lipinski definition) is 2. The first-order valence-corrected chi connectivity index (χ1v) is 7.89. The van der Waals surface area contributed by atoms with E-state index in [2.05, 4.69) is 63.5 Å². The molecule has 1 aliphatic carbocycles. The van der Waals surface area contributed by atoms with Crippen LogP contribution in [0.1, 0.15) is 58.1 Å². The number of ether oxygens (including phenoxy) is 1. The Balaban J connectivity index is 2.27. The fraction of sp³-hybridized carbons (Fsp3) is 0.667. The van der Waals surface area contributed by atoms with Crippen molar-refractivity contribution in [3.63, 3.8) is 0 Å². The van der Waals surface area contributed by atoms with Gasteiger partial charge in [-0.1, -0.05) is 44.2 Å². The molecule has 1 saturated carbocycles. The normalized spacial score (nSPS) is 22.4. The summed E-state index contributed by atoms with van der Waals surface area (Å²) in [6.07, 6.45) is 4.73. The third-order valence-electron chi connectivity index (χ3n) is 4.83. The Hall–Kier alpha value is -0.860. The molecule has 1 unspecified atom stereocenters. The Bertz CT molecular complexity index is 403. The van der Waals surface area contributed by atoms with Crippen molar-refractivity contribution in [2.45, 2.75) is 58.1 Å². The number of benzene rings is 1. The highest BCUT2D eigenvalue weighted by atomic mass is 16.5. The van der Waals surface area contributed by atoms with Crippen molar-refractivity contribution in [2.24, 2.45) is 5.41 Å². The summed E-state index contributed by atoms with van der Waals surface area (Å²) in [6.45, 7) is 7.64. The maximum atomic E-state index is 6.31. The van der Waals surface area contributed by atoms with Gasteiger partial charge in [-0.2, -0.15) is 0 Å². The lowest BCUT2D eigenvalue weighted by Crippen LogP contribution is -2.49. The van der Waals surface area contributed by atoms with Crippen LogP contribution in [0, 0.1) is 5.41 Å². The minimum absolute atomic E-state index is 0.0552. The molecule has 20 heavy (non-hydrogen) atoms. The zero-order chi connectivity index (χ0) is 14.6. The average Bonchev–Trinajstić information content (AvgIpc) is 2.44. The number of nitrogens with one attached hydrogen (secondary N) is 1. The van der Waals surface area contributed by atoms with Crippen LogP contribution in [0.25, 0.3) is 0 Å². The summed E-state index contributed by atoms with van der Waals surface area (Å²) in [6, 6.07) is 11.0. The van der Waals surface area contributed by atoms with Gasteiger partial charge in [0.2, 0.25) is 0 Å². The zero-order valence-electron chi connectivity index (χ0n) is 13.4. The molecular formula is C18H29NO. The summed E-state index contributed by atoms with van der Waals surface area (Å²) in [5.41, 5.74) is 1.74. The van der Waals surface area contributed by atoms with Gasteiger partial charge in [0.25, 0.3) is 0 Å². The van der Waals surface area contributed by atoms with Gasteiger partial charge in [0.15, 0.2) is 0 Å². The highest BCUT2D eigenvalue weighted by Crippen LogP contribution is 2.47. The van der Waals surface area contributed by atoms with E-state index in [1.807, 2.05) is 0 Å². The zero-order valence-corrected chi connectivity index (χ0v) is 13.4. The molecule has 1 aliphatic rings. The molecule has 2 rings (SSSR count). The monoisotopic (exact) mass is 275 g/mol. The molecule has 0 aromatic heterocycles. The third-order valence-corrected chi connectivity index (χ3v) is 4.83. The van der Waals surface area contributed by atoms with Crippen molar-refractivity contribution in [1.29, 1.82) is 0 Å². The van der Waals surface area contributed by atoms with Gasteiger partial charge in [-0.3, -0.25) is 0 Å². The second kappa shape index (κ2) is 6.28. The van der Waals surface area contributed by atoms with Gasteiger partial charge in [0.1, 0.15) is 0 Å². The summed E-state index contributed by atoms with van der Waals surface area (Å²) >= 11 is 0. The number of likely N-dealkylation sites (N-methyl/N-ethyl adjacent to an activating group) is 1. The molecule has 0 bridgehead atoms. The van der Waals surface area contributed by atoms with Gasteiger partial charge in [0.05, 0.1) is 11.6 Å². The van der Waals surface area contributed by atoms with Gasteiger partial charge in [-0.15, -0.1) is 0 Å². The second-order valence-electron chi connectivity index (χ2n) is 6.79. The summed E-state index contributed by atoms with van der Waals surface area (Å²) in [5, 5.41) is 3.52. The molecule has 0 spiro atoms. The molecule has 112 valence electrons. The van der Waals surface area contributed by atoms with Crippen LogP contribution in [-0.4, -0.2) is 19.3 Å². The lowest BCUT2D eigenvalue weighted by atomic mass is 9.67.